The van der Waals surface area contributed by atoms with E-state index in [9.17, 15) is 0 Å². The maximum atomic E-state index is 8.89. The van der Waals surface area contributed by atoms with Crippen molar-refractivity contribution in [3.05, 3.63) is 41.2 Å². The highest BCUT2D eigenvalue weighted by Gasteiger charge is 2.07. The molecule has 2 aromatic rings. The molecule has 1 aromatic heterocycles. The van der Waals surface area contributed by atoms with Gasteiger partial charge in [0.25, 0.3) is 0 Å². The minimum absolute atomic E-state index is 0.585. The summed E-state index contributed by atoms with van der Waals surface area (Å²) < 4.78 is 7.27. The third kappa shape index (κ3) is 2.91. The average Bonchev–Trinajstić information content (AvgIpc) is 2.85. The fraction of sp³-hybridized carbons (Fsp3) is 0.333. The molecular formula is C15H18N4O. The second-order valence-electron chi connectivity index (χ2n) is 4.47. The van der Waals surface area contributed by atoms with Crippen molar-refractivity contribution in [2.24, 2.45) is 0 Å². The van der Waals surface area contributed by atoms with Crippen LogP contribution in [-0.4, -0.2) is 16.9 Å². The first-order valence-corrected chi connectivity index (χ1v) is 6.53. The largest absolute Gasteiger partial charge is 0.495 e. The molecule has 0 saturated carbocycles. The van der Waals surface area contributed by atoms with Crippen LogP contribution in [0.2, 0.25) is 0 Å². The van der Waals surface area contributed by atoms with Crippen molar-refractivity contribution in [3.63, 3.8) is 0 Å². The Labute approximate surface area is 118 Å². The molecule has 2 rings (SSSR count). The van der Waals surface area contributed by atoms with Crippen LogP contribution >= 0.6 is 0 Å². The Balaban J connectivity index is 2.16. The van der Waals surface area contributed by atoms with E-state index in [1.165, 1.54) is 0 Å². The highest BCUT2D eigenvalue weighted by atomic mass is 16.5. The second kappa shape index (κ2) is 6.11. The van der Waals surface area contributed by atoms with Crippen LogP contribution < -0.4 is 10.1 Å². The Morgan fingerprint density at radius 2 is 2.20 bits per heavy atom. The monoisotopic (exact) mass is 270 g/mol. The summed E-state index contributed by atoms with van der Waals surface area (Å²) in [6.45, 7) is 5.56. The third-order valence-electron chi connectivity index (χ3n) is 3.08. The van der Waals surface area contributed by atoms with Crippen LogP contribution in [0.1, 0.15) is 23.9 Å². The van der Waals surface area contributed by atoms with Gasteiger partial charge in [0.05, 0.1) is 42.4 Å². The predicted octanol–water partition coefficient (Wildman–Crippen LogP) is 2.70. The quantitative estimate of drug-likeness (QED) is 0.907. The van der Waals surface area contributed by atoms with Gasteiger partial charge in [-0.1, -0.05) is 0 Å². The van der Waals surface area contributed by atoms with Crippen molar-refractivity contribution in [3.8, 4) is 11.8 Å². The molecular weight excluding hydrogens is 252 g/mol. The van der Waals surface area contributed by atoms with E-state index in [0.717, 1.165) is 23.6 Å². The summed E-state index contributed by atoms with van der Waals surface area (Å²) in [4.78, 5) is 0. The molecule has 104 valence electrons. The zero-order valence-corrected chi connectivity index (χ0v) is 12.0. The second-order valence-corrected chi connectivity index (χ2v) is 4.47. The lowest BCUT2D eigenvalue weighted by Crippen LogP contribution is -2.08. The normalized spacial score (nSPS) is 10.1. The van der Waals surface area contributed by atoms with Gasteiger partial charge in [0.2, 0.25) is 0 Å². The van der Waals surface area contributed by atoms with Gasteiger partial charge in [0.15, 0.2) is 0 Å². The summed E-state index contributed by atoms with van der Waals surface area (Å²) in [5.41, 5.74) is 3.58. The number of aryl methyl sites for hydroxylation is 2. The number of ether oxygens (including phenoxy) is 1. The lowest BCUT2D eigenvalue weighted by Gasteiger charge is -2.12. The molecule has 0 atom stereocenters. The molecule has 20 heavy (non-hydrogen) atoms. The van der Waals surface area contributed by atoms with E-state index >= 15 is 0 Å². The van der Waals surface area contributed by atoms with Crippen LogP contribution in [0, 0.1) is 18.3 Å². The van der Waals surface area contributed by atoms with E-state index in [2.05, 4.69) is 29.5 Å². The Bertz CT molecular complexity index is 640. The van der Waals surface area contributed by atoms with E-state index in [1.54, 1.807) is 19.2 Å². The smallest absolute Gasteiger partial charge is 0.143 e. The summed E-state index contributed by atoms with van der Waals surface area (Å²) in [7, 11) is 1.60. The standard InChI is InChI=1S/C15H18N4O/c1-4-19-13(7-11(2)18-19)10-17-14-6-5-12(9-16)8-15(14)20-3/h5-8,17H,4,10H2,1-3H3. The Kier molecular flexibility index (Phi) is 4.26. The number of anilines is 1. The van der Waals surface area contributed by atoms with E-state index in [0.29, 0.717) is 17.9 Å². The van der Waals surface area contributed by atoms with Crippen LogP contribution in [0.4, 0.5) is 5.69 Å². The van der Waals surface area contributed by atoms with Crippen LogP contribution in [-0.2, 0) is 13.1 Å². The van der Waals surface area contributed by atoms with Crippen LogP contribution in [0.25, 0.3) is 0 Å². The topological polar surface area (TPSA) is 62.9 Å². The molecule has 5 heteroatoms. The fourth-order valence-corrected chi connectivity index (χ4v) is 2.11. The van der Waals surface area contributed by atoms with Gasteiger partial charge in [-0.15, -0.1) is 0 Å². The maximum absolute atomic E-state index is 8.89. The lowest BCUT2D eigenvalue weighted by atomic mass is 10.2. The zero-order valence-electron chi connectivity index (χ0n) is 12.0. The van der Waals surface area contributed by atoms with Crippen molar-refractivity contribution in [1.82, 2.24) is 9.78 Å². The summed E-state index contributed by atoms with van der Waals surface area (Å²) in [5.74, 6) is 0.670. The zero-order chi connectivity index (χ0) is 14.5. The van der Waals surface area contributed by atoms with Crippen molar-refractivity contribution in [2.75, 3.05) is 12.4 Å². The van der Waals surface area contributed by atoms with Gasteiger partial charge < -0.3 is 10.1 Å². The fourth-order valence-electron chi connectivity index (χ4n) is 2.11. The van der Waals surface area contributed by atoms with Gasteiger partial charge in [0.1, 0.15) is 5.75 Å². The predicted molar refractivity (Wildman–Crippen MR) is 77.7 cm³/mol. The molecule has 0 spiro atoms. The van der Waals surface area contributed by atoms with E-state index in [-0.39, 0.29) is 0 Å². The Morgan fingerprint density at radius 1 is 1.40 bits per heavy atom. The van der Waals surface area contributed by atoms with Gasteiger partial charge in [-0.25, -0.2) is 0 Å². The Hall–Kier alpha value is -2.48. The number of hydrogen-bond donors (Lipinski definition) is 1. The first-order chi connectivity index (χ1) is 9.67. The molecule has 0 unspecified atom stereocenters. The first-order valence-electron chi connectivity index (χ1n) is 6.53. The molecule has 1 heterocycles. The molecule has 0 aliphatic heterocycles. The SMILES string of the molecule is CCn1nc(C)cc1CNc1ccc(C#N)cc1OC. The summed E-state index contributed by atoms with van der Waals surface area (Å²) in [6, 6.07) is 9.52. The molecule has 0 radical (unpaired) electrons. The number of nitriles is 1. The van der Waals surface area contributed by atoms with Gasteiger partial charge in [-0.05, 0) is 32.0 Å². The van der Waals surface area contributed by atoms with Crippen LogP contribution in [0.5, 0.6) is 5.75 Å². The molecule has 1 aromatic carbocycles. The van der Waals surface area contributed by atoms with Gasteiger partial charge in [-0.3, -0.25) is 4.68 Å². The number of hydrogen-bond acceptors (Lipinski definition) is 4. The lowest BCUT2D eigenvalue weighted by molar-refractivity contribution is 0.416. The average molecular weight is 270 g/mol. The molecule has 0 aliphatic rings. The Morgan fingerprint density at radius 3 is 2.85 bits per heavy atom. The number of benzene rings is 1. The van der Waals surface area contributed by atoms with Crippen LogP contribution in [0.15, 0.2) is 24.3 Å². The minimum Gasteiger partial charge on any atom is -0.495 e. The minimum atomic E-state index is 0.585. The van der Waals surface area contributed by atoms with E-state index in [1.807, 2.05) is 17.7 Å². The van der Waals surface area contributed by atoms with Gasteiger partial charge in [0, 0.05) is 12.6 Å². The molecule has 0 amide bonds. The highest BCUT2D eigenvalue weighted by Crippen LogP contribution is 2.25. The first kappa shape index (κ1) is 13.9. The number of methoxy groups -OCH3 is 1. The number of nitrogens with one attached hydrogen (secondary N) is 1. The molecule has 0 fully saturated rings. The summed E-state index contributed by atoms with van der Waals surface area (Å²) >= 11 is 0. The van der Waals surface area contributed by atoms with Crippen molar-refractivity contribution in [1.29, 1.82) is 5.26 Å². The van der Waals surface area contributed by atoms with Crippen molar-refractivity contribution in [2.45, 2.75) is 26.9 Å². The molecule has 0 bridgehead atoms. The van der Waals surface area contributed by atoms with Crippen LogP contribution in [0.3, 0.4) is 0 Å². The number of nitrogens with zero attached hydrogens (tertiary/aromatic N) is 3. The molecule has 0 aliphatic carbocycles. The highest BCUT2D eigenvalue weighted by molar-refractivity contribution is 5.59. The van der Waals surface area contributed by atoms with Gasteiger partial charge in [-0.2, -0.15) is 10.4 Å². The number of aromatic nitrogens is 2. The molecule has 0 saturated heterocycles. The third-order valence-corrected chi connectivity index (χ3v) is 3.08. The molecule has 5 nitrogen and oxygen atoms in total. The maximum Gasteiger partial charge on any atom is 0.143 e. The summed E-state index contributed by atoms with van der Waals surface area (Å²) in [6.07, 6.45) is 0. The summed E-state index contributed by atoms with van der Waals surface area (Å²) in [5, 5.41) is 16.6. The van der Waals surface area contributed by atoms with E-state index < -0.39 is 0 Å². The number of rotatable bonds is 5. The van der Waals surface area contributed by atoms with E-state index in [4.69, 9.17) is 10.00 Å². The van der Waals surface area contributed by atoms with Crippen molar-refractivity contribution >= 4 is 5.69 Å². The molecule has 1 N–H and O–H groups in total. The van der Waals surface area contributed by atoms with Crippen molar-refractivity contribution < 1.29 is 4.74 Å². The van der Waals surface area contributed by atoms with Gasteiger partial charge >= 0.3 is 0 Å².